The second-order valence-electron chi connectivity index (χ2n) is 7.89. The van der Waals surface area contributed by atoms with Gasteiger partial charge in [-0.2, -0.15) is 0 Å². The first-order valence-electron chi connectivity index (χ1n) is 9.74. The first kappa shape index (κ1) is 20.8. The molecule has 1 N–H and O–H groups in total. The largest absolute Gasteiger partial charge is 0.491 e. The van der Waals surface area contributed by atoms with Gasteiger partial charge in [-0.1, -0.05) is 6.07 Å². The molecule has 5 nitrogen and oxygen atoms in total. The summed E-state index contributed by atoms with van der Waals surface area (Å²) in [5.41, 5.74) is -0.622. The average Bonchev–Trinajstić information content (AvgIpc) is 3.07. The fourth-order valence-corrected chi connectivity index (χ4v) is 5.10. The SMILES string of the molecule is CC(C)Oc1cccc(S(=O)(=O)c2ccc3c4c(oc3c2)C(C)(C(F)F)NCC4)c1. The standard InChI is InChI=1S/C22H23F2NO4S/c1-13(2)28-14-5-4-6-15(11-14)30(26,27)16-7-8-17-18-9-10-25-22(3,21(23)24)20(18)29-19(17)12-16/h4-8,11-13,21,25H,9-10H2,1-3H3. The fraction of sp³-hybridized carbons (Fsp3) is 0.364. The van der Waals surface area contributed by atoms with Gasteiger partial charge in [0.05, 0.1) is 15.9 Å². The van der Waals surface area contributed by atoms with Crippen molar-refractivity contribution in [3.8, 4) is 5.75 Å². The van der Waals surface area contributed by atoms with E-state index in [-0.39, 0.29) is 27.2 Å². The number of hydrogen-bond donors (Lipinski definition) is 1. The topological polar surface area (TPSA) is 68.5 Å². The number of benzene rings is 2. The Hall–Kier alpha value is -2.45. The van der Waals surface area contributed by atoms with Gasteiger partial charge in [-0.05, 0) is 57.5 Å². The number of hydrogen-bond acceptors (Lipinski definition) is 5. The van der Waals surface area contributed by atoms with Crippen molar-refractivity contribution in [1.82, 2.24) is 5.32 Å². The summed E-state index contributed by atoms with van der Waals surface area (Å²) < 4.78 is 65.1. The van der Waals surface area contributed by atoms with Gasteiger partial charge in [0, 0.05) is 23.6 Å². The highest BCUT2D eigenvalue weighted by Gasteiger charge is 2.44. The summed E-state index contributed by atoms with van der Waals surface area (Å²) in [6, 6.07) is 10.8. The Bertz CT molecular complexity index is 1200. The Labute approximate surface area is 173 Å². The Morgan fingerprint density at radius 1 is 1.13 bits per heavy atom. The van der Waals surface area contributed by atoms with Crippen LogP contribution in [0.3, 0.4) is 0 Å². The first-order chi connectivity index (χ1) is 14.1. The molecule has 160 valence electrons. The lowest BCUT2D eigenvalue weighted by molar-refractivity contribution is 0.0220. The van der Waals surface area contributed by atoms with Crippen LogP contribution in [0.5, 0.6) is 5.75 Å². The van der Waals surface area contributed by atoms with Crippen molar-refractivity contribution in [2.75, 3.05) is 6.54 Å². The molecule has 0 aliphatic carbocycles. The average molecular weight is 435 g/mol. The molecule has 0 radical (unpaired) electrons. The van der Waals surface area contributed by atoms with Crippen molar-refractivity contribution in [2.24, 2.45) is 0 Å². The van der Waals surface area contributed by atoms with Gasteiger partial charge in [0.25, 0.3) is 6.43 Å². The highest BCUT2D eigenvalue weighted by Crippen LogP contribution is 2.40. The fourth-order valence-electron chi connectivity index (χ4n) is 3.79. The number of sulfone groups is 1. The zero-order valence-electron chi connectivity index (χ0n) is 16.9. The van der Waals surface area contributed by atoms with Gasteiger partial charge in [-0.25, -0.2) is 17.2 Å². The van der Waals surface area contributed by atoms with Crippen molar-refractivity contribution in [3.63, 3.8) is 0 Å². The van der Waals surface area contributed by atoms with Crippen LogP contribution in [-0.4, -0.2) is 27.5 Å². The van der Waals surface area contributed by atoms with Crippen LogP contribution in [-0.2, 0) is 21.8 Å². The molecule has 1 unspecified atom stereocenters. The summed E-state index contributed by atoms with van der Waals surface area (Å²) in [5.74, 6) is 0.625. The number of furan rings is 1. The van der Waals surface area contributed by atoms with Gasteiger partial charge in [0.2, 0.25) is 9.84 Å². The predicted molar refractivity (Wildman–Crippen MR) is 109 cm³/mol. The summed E-state index contributed by atoms with van der Waals surface area (Å²) in [6.07, 6.45) is -2.22. The maximum atomic E-state index is 13.7. The summed E-state index contributed by atoms with van der Waals surface area (Å²) >= 11 is 0. The molecule has 3 aromatic rings. The Kier molecular flexibility index (Phi) is 5.10. The summed E-state index contributed by atoms with van der Waals surface area (Å²) in [7, 11) is -3.84. The summed E-state index contributed by atoms with van der Waals surface area (Å²) in [5, 5.41) is 3.49. The van der Waals surface area contributed by atoms with Crippen molar-refractivity contribution >= 4 is 20.8 Å². The molecule has 8 heteroatoms. The van der Waals surface area contributed by atoms with Crippen LogP contribution in [0, 0.1) is 0 Å². The minimum absolute atomic E-state index is 0.0366. The van der Waals surface area contributed by atoms with E-state index in [0.717, 1.165) is 0 Å². The van der Waals surface area contributed by atoms with Crippen LogP contribution >= 0.6 is 0 Å². The van der Waals surface area contributed by atoms with E-state index in [9.17, 15) is 17.2 Å². The number of alkyl halides is 2. The molecule has 1 aliphatic rings. The third-order valence-electron chi connectivity index (χ3n) is 5.34. The number of halogens is 2. The van der Waals surface area contributed by atoms with E-state index in [1.807, 2.05) is 13.8 Å². The lowest BCUT2D eigenvalue weighted by Gasteiger charge is -2.32. The smallest absolute Gasteiger partial charge is 0.263 e. The van der Waals surface area contributed by atoms with E-state index in [2.05, 4.69) is 5.32 Å². The molecule has 0 saturated carbocycles. The zero-order chi connectivity index (χ0) is 21.7. The molecule has 0 bridgehead atoms. The Balaban J connectivity index is 1.79. The van der Waals surface area contributed by atoms with Gasteiger partial charge in [0.15, 0.2) is 0 Å². The predicted octanol–water partition coefficient (Wildman–Crippen LogP) is 4.68. The summed E-state index contributed by atoms with van der Waals surface area (Å²) in [4.78, 5) is 0.130. The molecular formula is C22H23F2NO4S. The molecule has 0 saturated heterocycles. The van der Waals surface area contributed by atoms with Gasteiger partial charge in [-0.15, -0.1) is 0 Å². The molecule has 2 heterocycles. The minimum Gasteiger partial charge on any atom is -0.491 e. The molecule has 1 aliphatic heterocycles. The molecule has 2 aromatic carbocycles. The second-order valence-corrected chi connectivity index (χ2v) is 9.84. The monoisotopic (exact) mass is 435 g/mol. The first-order valence-corrected chi connectivity index (χ1v) is 11.2. The number of rotatable bonds is 5. The van der Waals surface area contributed by atoms with Gasteiger partial charge >= 0.3 is 0 Å². The molecule has 1 aromatic heterocycles. The van der Waals surface area contributed by atoms with Crippen molar-refractivity contribution in [1.29, 1.82) is 0 Å². The lowest BCUT2D eigenvalue weighted by atomic mass is 9.89. The highest BCUT2D eigenvalue weighted by atomic mass is 32.2. The maximum Gasteiger partial charge on any atom is 0.263 e. The molecule has 0 amide bonds. The molecule has 0 spiro atoms. The number of nitrogens with one attached hydrogen (secondary N) is 1. The third kappa shape index (κ3) is 3.37. The quantitative estimate of drug-likeness (QED) is 0.630. The molecule has 4 rings (SSSR count). The van der Waals surface area contributed by atoms with Gasteiger partial charge < -0.3 is 9.15 Å². The summed E-state index contributed by atoms with van der Waals surface area (Å²) in [6.45, 7) is 5.51. The van der Waals surface area contributed by atoms with Crippen LogP contribution < -0.4 is 10.1 Å². The van der Waals surface area contributed by atoms with Crippen LogP contribution in [0.1, 0.15) is 32.1 Å². The van der Waals surface area contributed by atoms with E-state index >= 15 is 0 Å². The van der Waals surface area contributed by atoms with Crippen LogP contribution in [0.4, 0.5) is 8.78 Å². The zero-order valence-corrected chi connectivity index (χ0v) is 17.7. The van der Waals surface area contributed by atoms with E-state index in [1.165, 1.54) is 31.2 Å². The number of ether oxygens (including phenoxy) is 1. The Morgan fingerprint density at radius 2 is 1.87 bits per heavy atom. The van der Waals surface area contributed by atoms with E-state index in [1.54, 1.807) is 18.2 Å². The molecule has 30 heavy (non-hydrogen) atoms. The van der Waals surface area contributed by atoms with E-state index in [4.69, 9.17) is 9.15 Å². The number of fused-ring (bicyclic) bond motifs is 3. The molecular weight excluding hydrogens is 412 g/mol. The van der Waals surface area contributed by atoms with Gasteiger partial charge in [-0.3, -0.25) is 5.32 Å². The highest BCUT2D eigenvalue weighted by molar-refractivity contribution is 7.91. The van der Waals surface area contributed by atoms with Crippen molar-refractivity contribution in [3.05, 3.63) is 53.8 Å². The van der Waals surface area contributed by atoms with Crippen LogP contribution in [0.15, 0.2) is 56.7 Å². The third-order valence-corrected chi connectivity index (χ3v) is 7.09. The molecule has 1 atom stereocenters. The van der Waals surface area contributed by atoms with Crippen molar-refractivity contribution in [2.45, 2.75) is 55.1 Å². The molecule has 0 fully saturated rings. The van der Waals surface area contributed by atoms with E-state index < -0.39 is 21.8 Å². The van der Waals surface area contributed by atoms with Crippen molar-refractivity contribution < 1.29 is 26.4 Å². The minimum atomic E-state index is -3.84. The van der Waals surface area contributed by atoms with Crippen LogP contribution in [0.25, 0.3) is 11.0 Å². The lowest BCUT2D eigenvalue weighted by Crippen LogP contribution is -2.49. The van der Waals surface area contributed by atoms with Gasteiger partial charge in [0.1, 0.15) is 22.6 Å². The second kappa shape index (κ2) is 7.35. The normalized spacial score (nSPS) is 19.4. The Morgan fingerprint density at radius 3 is 2.57 bits per heavy atom. The van der Waals surface area contributed by atoms with E-state index in [0.29, 0.717) is 29.7 Å². The maximum absolute atomic E-state index is 13.7. The van der Waals surface area contributed by atoms with Crippen LogP contribution in [0.2, 0.25) is 0 Å².